The van der Waals surface area contributed by atoms with Gasteiger partial charge in [-0.25, -0.2) is 9.78 Å². The third-order valence-electron chi connectivity index (χ3n) is 2.43. The van der Waals surface area contributed by atoms with E-state index < -0.39 is 5.97 Å². The van der Waals surface area contributed by atoms with Crippen LogP contribution in [0, 0.1) is 6.92 Å². The molecule has 0 saturated carbocycles. The fourth-order valence-electron chi connectivity index (χ4n) is 1.58. The number of carbonyl (C=O) groups excluding carboxylic acids is 1. The molecule has 1 heterocycles. The lowest BCUT2D eigenvalue weighted by Crippen LogP contribution is -2.04. The van der Waals surface area contributed by atoms with E-state index in [-0.39, 0.29) is 5.75 Å². The highest BCUT2D eigenvalue weighted by atomic mass is 32.1. The van der Waals surface area contributed by atoms with Crippen LogP contribution in [-0.2, 0) is 4.74 Å². The highest BCUT2D eigenvalue weighted by Crippen LogP contribution is 2.29. The van der Waals surface area contributed by atoms with Crippen molar-refractivity contribution >= 4 is 17.3 Å². The molecule has 1 N–H and O–H groups in total. The predicted molar refractivity (Wildman–Crippen MR) is 69.9 cm³/mol. The number of hydrogen-bond acceptors (Lipinski definition) is 5. The van der Waals surface area contributed by atoms with Crippen molar-refractivity contribution in [2.45, 2.75) is 13.8 Å². The SMILES string of the molecule is CCOC(=O)c1csc(-c2ccc(O)cc2C)n1. The van der Waals surface area contributed by atoms with Gasteiger partial charge in [0.2, 0.25) is 0 Å². The molecule has 1 aromatic carbocycles. The highest BCUT2D eigenvalue weighted by Gasteiger charge is 2.13. The zero-order valence-electron chi connectivity index (χ0n) is 10.1. The number of aryl methyl sites for hydroxylation is 1. The number of benzene rings is 1. The van der Waals surface area contributed by atoms with Gasteiger partial charge in [-0.1, -0.05) is 0 Å². The summed E-state index contributed by atoms with van der Waals surface area (Å²) in [4.78, 5) is 15.8. The Bertz CT molecular complexity index is 577. The molecule has 0 unspecified atom stereocenters. The summed E-state index contributed by atoms with van der Waals surface area (Å²) in [7, 11) is 0. The fourth-order valence-corrected chi connectivity index (χ4v) is 2.46. The van der Waals surface area contributed by atoms with Crippen LogP contribution in [0.15, 0.2) is 23.6 Å². The standard InChI is InChI=1S/C13H13NO3S/c1-3-17-13(16)11-7-18-12(14-11)10-5-4-9(15)6-8(10)2/h4-7,15H,3H2,1-2H3. The summed E-state index contributed by atoms with van der Waals surface area (Å²) in [6.07, 6.45) is 0. The van der Waals surface area contributed by atoms with Gasteiger partial charge >= 0.3 is 5.97 Å². The Morgan fingerprint density at radius 1 is 1.50 bits per heavy atom. The maximum atomic E-state index is 11.5. The number of esters is 1. The number of rotatable bonds is 3. The first-order chi connectivity index (χ1) is 8.61. The third-order valence-corrected chi connectivity index (χ3v) is 3.30. The summed E-state index contributed by atoms with van der Waals surface area (Å²) in [6.45, 7) is 3.99. The van der Waals surface area contributed by atoms with E-state index in [9.17, 15) is 9.90 Å². The van der Waals surface area contributed by atoms with Crippen LogP contribution in [-0.4, -0.2) is 22.7 Å². The molecule has 18 heavy (non-hydrogen) atoms. The monoisotopic (exact) mass is 263 g/mol. The molecule has 0 aliphatic heterocycles. The number of phenolic OH excluding ortho intramolecular Hbond substituents is 1. The summed E-state index contributed by atoms with van der Waals surface area (Å²) in [5.74, 6) is -0.185. The van der Waals surface area contributed by atoms with Gasteiger partial charge in [-0.05, 0) is 37.6 Å². The van der Waals surface area contributed by atoms with Crippen LogP contribution >= 0.6 is 11.3 Å². The van der Waals surface area contributed by atoms with Gasteiger partial charge in [0, 0.05) is 10.9 Å². The molecule has 94 valence electrons. The van der Waals surface area contributed by atoms with Crippen molar-refractivity contribution in [3.63, 3.8) is 0 Å². The second-order valence-corrected chi connectivity index (χ2v) is 4.62. The molecular weight excluding hydrogens is 250 g/mol. The second kappa shape index (κ2) is 5.18. The van der Waals surface area contributed by atoms with E-state index in [1.807, 2.05) is 6.92 Å². The van der Waals surface area contributed by atoms with Crippen molar-refractivity contribution in [2.75, 3.05) is 6.61 Å². The molecule has 5 heteroatoms. The summed E-state index contributed by atoms with van der Waals surface area (Å²) in [6, 6.07) is 5.06. The molecule has 1 aromatic heterocycles. The first-order valence-electron chi connectivity index (χ1n) is 5.54. The minimum Gasteiger partial charge on any atom is -0.508 e. The Hall–Kier alpha value is -1.88. The van der Waals surface area contributed by atoms with Crippen LogP contribution < -0.4 is 0 Å². The number of phenols is 1. The Morgan fingerprint density at radius 3 is 2.94 bits per heavy atom. The minimum absolute atomic E-state index is 0.221. The van der Waals surface area contributed by atoms with Gasteiger partial charge in [-0.15, -0.1) is 11.3 Å². The predicted octanol–water partition coefficient (Wildman–Crippen LogP) is 3.00. The van der Waals surface area contributed by atoms with Crippen molar-refractivity contribution in [3.8, 4) is 16.3 Å². The van der Waals surface area contributed by atoms with Crippen molar-refractivity contribution in [1.29, 1.82) is 0 Å². The van der Waals surface area contributed by atoms with E-state index in [0.29, 0.717) is 12.3 Å². The average Bonchev–Trinajstić information content (AvgIpc) is 2.78. The lowest BCUT2D eigenvalue weighted by atomic mass is 10.1. The third kappa shape index (κ3) is 2.51. The molecule has 4 nitrogen and oxygen atoms in total. The van der Waals surface area contributed by atoms with Crippen LogP contribution in [0.2, 0.25) is 0 Å². The molecular formula is C13H13NO3S. The van der Waals surface area contributed by atoms with Crippen LogP contribution in [0.4, 0.5) is 0 Å². The first kappa shape index (κ1) is 12.6. The summed E-state index contributed by atoms with van der Waals surface area (Å²) >= 11 is 1.38. The molecule has 0 spiro atoms. The Kier molecular flexibility index (Phi) is 3.62. The molecule has 2 aromatic rings. The fraction of sp³-hybridized carbons (Fsp3) is 0.231. The molecule has 0 radical (unpaired) electrons. The maximum absolute atomic E-state index is 11.5. The van der Waals surface area contributed by atoms with Gasteiger partial charge in [0.1, 0.15) is 10.8 Å². The molecule has 0 bridgehead atoms. The van der Waals surface area contributed by atoms with Gasteiger partial charge in [-0.3, -0.25) is 0 Å². The minimum atomic E-state index is -0.406. The molecule has 2 rings (SSSR count). The van der Waals surface area contributed by atoms with E-state index >= 15 is 0 Å². The van der Waals surface area contributed by atoms with E-state index in [1.54, 1.807) is 30.5 Å². The zero-order chi connectivity index (χ0) is 13.1. The average molecular weight is 263 g/mol. The summed E-state index contributed by atoms with van der Waals surface area (Å²) < 4.78 is 4.89. The van der Waals surface area contributed by atoms with E-state index in [1.165, 1.54) is 11.3 Å². The molecule has 0 amide bonds. The topological polar surface area (TPSA) is 59.4 Å². The number of aromatic hydroxyl groups is 1. The highest BCUT2D eigenvalue weighted by molar-refractivity contribution is 7.13. The normalized spacial score (nSPS) is 10.3. The van der Waals surface area contributed by atoms with Crippen LogP contribution in [0.5, 0.6) is 5.75 Å². The quantitative estimate of drug-likeness (QED) is 0.865. The van der Waals surface area contributed by atoms with Gasteiger partial charge in [0.25, 0.3) is 0 Å². The maximum Gasteiger partial charge on any atom is 0.357 e. The van der Waals surface area contributed by atoms with Gasteiger partial charge in [0.15, 0.2) is 5.69 Å². The Morgan fingerprint density at radius 2 is 2.28 bits per heavy atom. The largest absolute Gasteiger partial charge is 0.508 e. The number of hydrogen-bond donors (Lipinski definition) is 1. The van der Waals surface area contributed by atoms with Gasteiger partial charge in [-0.2, -0.15) is 0 Å². The van der Waals surface area contributed by atoms with Gasteiger partial charge in [0.05, 0.1) is 6.61 Å². The zero-order valence-corrected chi connectivity index (χ0v) is 11.0. The summed E-state index contributed by atoms with van der Waals surface area (Å²) in [5.41, 5.74) is 2.15. The van der Waals surface area contributed by atoms with Crippen molar-refractivity contribution in [3.05, 3.63) is 34.8 Å². The van der Waals surface area contributed by atoms with E-state index in [4.69, 9.17) is 4.74 Å². The van der Waals surface area contributed by atoms with Crippen LogP contribution in [0.1, 0.15) is 23.0 Å². The lowest BCUT2D eigenvalue weighted by molar-refractivity contribution is 0.0520. The lowest BCUT2D eigenvalue weighted by Gasteiger charge is -2.02. The molecule has 0 saturated heterocycles. The number of aromatic nitrogens is 1. The van der Waals surface area contributed by atoms with E-state index in [2.05, 4.69) is 4.98 Å². The smallest absolute Gasteiger partial charge is 0.357 e. The Balaban J connectivity index is 2.32. The number of nitrogens with zero attached hydrogens (tertiary/aromatic N) is 1. The van der Waals surface area contributed by atoms with Crippen LogP contribution in [0.3, 0.4) is 0 Å². The summed E-state index contributed by atoms with van der Waals surface area (Å²) in [5, 5.41) is 11.8. The molecule has 0 fully saturated rings. The number of carbonyl (C=O) groups is 1. The Labute approximate surface area is 109 Å². The van der Waals surface area contributed by atoms with Crippen molar-refractivity contribution in [2.24, 2.45) is 0 Å². The molecule has 0 aliphatic carbocycles. The molecule has 0 aliphatic rings. The number of ether oxygens (including phenoxy) is 1. The second-order valence-electron chi connectivity index (χ2n) is 3.76. The van der Waals surface area contributed by atoms with Gasteiger partial charge < -0.3 is 9.84 Å². The van der Waals surface area contributed by atoms with Crippen molar-refractivity contribution < 1.29 is 14.6 Å². The van der Waals surface area contributed by atoms with Crippen LogP contribution in [0.25, 0.3) is 10.6 Å². The van der Waals surface area contributed by atoms with Crippen molar-refractivity contribution in [1.82, 2.24) is 4.98 Å². The number of thiazole rings is 1. The first-order valence-corrected chi connectivity index (χ1v) is 6.42. The molecule has 0 atom stereocenters. The van der Waals surface area contributed by atoms with E-state index in [0.717, 1.165) is 16.1 Å².